The van der Waals surface area contributed by atoms with Crippen LogP contribution in [0, 0.1) is 20.8 Å². The Kier molecular flexibility index (Phi) is 6.69. The molecule has 0 radical (unpaired) electrons. The number of hydrogen-bond donors (Lipinski definition) is 2. The van der Waals surface area contributed by atoms with Crippen molar-refractivity contribution in [1.82, 2.24) is 15.1 Å². The average Bonchev–Trinajstić information content (AvgIpc) is 3.16. The maximum atomic E-state index is 9.51. The second-order valence-corrected chi connectivity index (χ2v) is 7.51. The second kappa shape index (κ2) is 9.23. The Morgan fingerprint density at radius 2 is 1.70 bits per heavy atom. The van der Waals surface area contributed by atoms with Gasteiger partial charge in [0.2, 0.25) is 11.7 Å². The molecule has 0 saturated carbocycles. The Labute approximate surface area is 175 Å². The first-order valence-corrected chi connectivity index (χ1v) is 9.79. The minimum atomic E-state index is -0.920. The molecule has 8 heteroatoms. The van der Waals surface area contributed by atoms with Crippen molar-refractivity contribution in [1.29, 1.82) is 0 Å². The fraction of sp³-hybridized carbons (Fsp3) is 0.409. The SMILES string of the molecule is Cc1cc(-c2nc(-c3cc(C)c(OC[C@@H](O)CO)c(C)c3)no2)cc(OC(C)C)n1. The molecule has 0 bridgehead atoms. The maximum Gasteiger partial charge on any atom is 0.258 e. The molecular formula is C22H27N3O5. The fourth-order valence-electron chi connectivity index (χ4n) is 3.06. The van der Waals surface area contributed by atoms with Gasteiger partial charge in [0.15, 0.2) is 0 Å². The average molecular weight is 413 g/mol. The first-order chi connectivity index (χ1) is 14.3. The summed E-state index contributed by atoms with van der Waals surface area (Å²) in [5.74, 6) is 2.01. The Hall–Kier alpha value is -2.97. The van der Waals surface area contributed by atoms with E-state index in [1.54, 1.807) is 6.07 Å². The van der Waals surface area contributed by atoms with Gasteiger partial charge in [-0.1, -0.05) is 5.16 Å². The molecule has 1 aromatic carbocycles. The lowest BCUT2D eigenvalue weighted by molar-refractivity contribution is 0.0532. The third-order valence-corrected chi connectivity index (χ3v) is 4.31. The molecule has 3 aromatic rings. The molecule has 2 N–H and O–H groups in total. The van der Waals surface area contributed by atoms with Crippen LogP contribution < -0.4 is 9.47 Å². The fourth-order valence-corrected chi connectivity index (χ4v) is 3.06. The number of benzene rings is 1. The quantitative estimate of drug-likeness (QED) is 0.579. The van der Waals surface area contributed by atoms with Crippen molar-refractivity contribution in [3.63, 3.8) is 0 Å². The highest BCUT2D eigenvalue weighted by Crippen LogP contribution is 2.31. The molecule has 2 heterocycles. The zero-order valence-electron chi connectivity index (χ0n) is 17.8. The van der Waals surface area contributed by atoms with Gasteiger partial charge in [-0.3, -0.25) is 0 Å². The number of rotatable bonds is 8. The van der Waals surface area contributed by atoms with E-state index in [1.165, 1.54) is 0 Å². The normalized spacial score (nSPS) is 12.3. The van der Waals surface area contributed by atoms with Gasteiger partial charge in [0, 0.05) is 22.9 Å². The van der Waals surface area contributed by atoms with Crippen LogP contribution in [0.5, 0.6) is 11.6 Å². The van der Waals surface area contributed by atoms with Gasteiger partial charge >= 0.3 is 0 Å². The second-order valence-electron chi connectivity index (χ2n) is 7.51. The Morgan fingerprint density at radius 3 is 2.33 bits per heavy atom. The largest absolute Gasteiger partial charge is 0.490 e. The number of aromatic nitrogens is 3. The van der Waals surface area contributed by atoms with Crippen molar-refractivity contribution in [3.05, 3.63) is 41.1 Å². The lowest BCUT2D eigenvalue weighted by atomic mass is 10.1. The zero-order chi connectivity index (χ0) is 21.8. The van der Waals surface area contributed by atoms with Gasteiger partial charge in [0.25, 0.3) is 5.89 Å². The molecule has 0 aliphatic heterocycles. The number of pyridine rings is 1. The van der Waals surface area contributed by atoms with Crippen LogP contribution in [0.25, 0.3) is 22.8 Å². The molecular weight excluding hydrogens is 386 g/mol. The van der Waals surface area contributed by atoms with Crippen molar-refractivity contribution in [3.8, 4) is 34.5 Å². The van der Waals surface area contributed by atoms with Crippen LogP contribution in [0.15, 0.2) is 28.8 Å². The molecule has 0 spiro atoms. The lowest BCUT2D eigenvalue weighted by Crippen LogP contribution is -2.21. The van der Waals surface area contributed by atoms with E-state index in [9.17, 15) is 5.11 Å². The van der Waals surface area contributed by atoms with E-state index in [0.717, 1.165) is 27.9 Å². The number of aliphatic hydroxyl groups excluding tert-OH is 2. The van der Waals surface area contributed by atoms with Gasteiger partial charge in [-0.25, -0.2) is 4.98 Å². The third-order valence-electron chi connectivity index (χ3n) is 4.31. The first-order valence-electron chi connectivity index (χ1n) is 9.79. The van der Waals surface area contributed by atoms with Crippen molar-refractivity contribution >= 4 is 0 Å². The van der Waals surface area contributed by atoms with Gasteiger partial charge in [0.1, 0.15) is 18.5 Å². The summed E-state index contributed by atoms with van der Waals surface area (Å²) < 4.78 is 16.8. The van der Waals surface area contributed by atoms with E-state index in [2.05, 4.69) is 15.1 Å². The van der Waals surface area contributed by atoms with E-state index in [4.69, 9.17) is 19.1 Å². The molecule has 0 unspecified atom stereocenters. The number of nitrogens with zero attached hydrogens (tertiary/aromatic N) is 3. The van der Waals surface area contributed by atoms with Gasteiger partial charge in [0.05, 0.1) is 12.7 Å². The van der Waals surface area contributed by atoms with E-state index in [-0.39, 0.29) is 19.3 Å². The molecule has 0 amide bonds. The molecule has 0 aliphatic rings. The van der Waals surface area contributed by atoms with E-state index in [1.807, 2.05) is 52.8 Å². The lowest BCUT2D eigenvalue weighted by Gasteiger charge is -2.15. The molecule has 30 heavy (non-hydrogen) atoms. The van der Waals surface area contributed by atoms with Crippen LogP contribution in [0.3, 0.4) is 0 Å². The predicted molar refractivity (Wildman–Crippen MR) is 112 cm³/mol. The highest BCUT2D eigenvalue weighted by atomic mass is 16.5. The summed E-state index contributed by atoms with van der Waals surface area (Å²) in [7, 11) is 0. The van der Waals surface area contributed by atoms with E-state index >= 15 is 0 Å². The van der Waals surface area contributed by atoms with Gasteiger partial charge in [-0.2, -0.15) is 4.98 Å². The van der Waals surface area contributed by atoms with Crippen LogP contribution in [-0.2, 0) is 0 Å². The predicted octanol–water partition coefficient (Wildman–Crippen LogP) is 3.24. The van der Waals surface area contributed by atoms with Crippen molar-refractivity contribution in [2.75, 3.05) is 13.2 Å². The van der Waals surface area contributed by atoms with Crippen molar-refractivity contribution < 1.29 is 24.2 Å². The molecule has 1 atom stereocenters. The van der Waals surface area contributed by atoms with Crippen molar-refractivity contribution in [2.45, 2.75) is 46.8 Å². The molecule has 0 fully saturated rings. The highest BCUT2D eigenvalue weighted by molar-refractivity contribution is 5.64. The van der Waals surface area contributed by atoms with Crippen LogP contribution in [-0.4, -0.2) is 50.8 Å². The molecule has 3 rings (SSSR count). The maximum absolute atomic E-state index is 9.51. The highest BCUT2D eigenvalue weighted by Gasteiger charge is 2.16. The molecule has 160 valence electrons. The molecule has 0 saturated heterocycles. The number of ether oxygens (including phenoxy) is 2. The standard InChI is InChI=1S/C22H27N3O5/c1-12(2)29-19-9-17(8-15(5)23-19)22-24-21(25-30-22)16-6-13(3)20(14(4)7-16)28-11-18(27)10-26/h6-9,12,18,26-27H,10-11H2,1-5H3/t18-/m0/s1. The Balaban J connectivity index is 1.87. The van der Waals surface area contributed by atoms with Crippen LogP contribution in [0.1, 0.15) is 30.7 Å². The summed E-state index contributed by atoms with van der Waals surface area (Å²) in [5.41, 5.74) is 4.06. The smallest absolute Gasteiger partial charge is 0.258 e. The summed E-state index contributed by atoms with van der Waals surface area (Å²) in [4.78, 5) is 8.91. The number of hydrogen-bond acceptors (Lipinski definition) is 8. The number of aryl methyl sites for hydroxylation is 3. The summed E-state index contributed by atoms with van der Waals surface area (Å²) in [6.45, 7) is 9.24. The van der Waals surface area contributed by atoms with Crippen LogP contribution in [0.4, 0.5) is 0 Å². The minimum Gasteiger partial charge on any atom is -0.490 e. The Morgan fingerprint density at radius 1 is 1.00 bits per heavy atom. The van der Waals surface area contributed by atoms with Crippen molar-refractivity contribution in [2.24, 2.45) is 0 Å². The summed E-state index contributed by atoms with van der Waals surface area (Å²) in [6, 6.07) is 7.44. The summed E-state index contributed by atoms with van der Waals surface area (Å²) in [6.07, 6.45) is -0.910. The molecule has 0 aliphatic carbocycles. The summed E-state index contributed by atoms with van der Waals surface area (Å²) >= 11 is 0. The minimum absolute atomic E-state index is 0.00979. The Bertz CT molecular complexity index is 993. The first kappa shape index (κ1) is 21.7. The zero-order valence-corrected chi connectivity index (χ0v) is 17.8. The monoisotopic (exact) mass is 413 g/mol. The van der Waals surface area contributed by atoms with Gasteiger partial charge < -0.3 is 24.2 Å². The van der Waals surface area contributed by atoms with Gasteiger partial charge in [-0.15, -0.1) is 0 Å². The van der Waals surface area contributed by atoms with Crippen LogP contribution in [0.2, 0.25) is 0 Å². The van der Waals surface area contributed by atoms with E-state index < -0.39 is 6.10 Å². The third kappa shape index (κ3) is 5.14. The molecule has 2 aromatic heterocycles. The molecule has 8 nitrogen and oxygen atoms in total. The topological polar surface area (TPSA) is 111 Å². The summed E-state index contributed by atoms with van der Waals surface area (Å²) in [5, 5.41) is 22.6. The van der Waals surface area contributed by atoms with E-state index in [0.29, 0.717) is 23.3 Å². The van der Waals surface area contributed by atoms with Crippen LogP contribution >= 0.6 is 0 Å². The van der Waals surface area contributed by atoms with Gasteiger partial charge in [-0.05, 0) is 63.9 Å². The number of aliphatic hydroxyl groups is 2.